The molecule has 2 saturated heterocycles. The summed E-state index contributed by atoms with van der Waals surface area (Å²) in [4.78, 5) is 23.1. The highest BCUT2D eigenvalue weighted by atomic mass is 19.4. The second-order valence-electron chi connectivity index (χ2n) is 16.5. The summed E-state index contributed by atoms with van der Waals surface area (Å²) in [6.07, 6.45) is -20.0. The summed E-state index contributed by atoms with van der Waals surface area (Å²) in [6.45, 7) is 3.32. The number of halogens is 12. The molecular formula is C47H52F12N4O4. The Morgan fingerprint density at radius 1 is 0.552 bits per heavy atom. The van der Waals surface area contributed by atoms with Crippen LogP contribution in [0, 0.1) is 11.8 Å². The van der Waals surface area contributed by atoms with E-state index in [1.54, 1.807) is 0 Å². The van der Waals surface area contributed by atoms with Crippen LogP contribution in [-0.2, 0) is 54.8 Å². The summed E-state index contributed by atoms with van der Waals surface area (Å²) < 4.78 is 170. The van der Waals surface area contributed by atoms with Gasteiger partial charge >= 0.3 is 24.7 Å². The highest BCUT2D eigenvalue weighted by Crippen LogP contribution is 2.41. The van der Waals surface area contributed by atoms with Crippen molar-refractivity contribution in [3.05, 3.63) is 142 Å². The lowest BCUT2D eigenvalue weighted by Gasteiger charge is -2.41. The van der Waals surface area contributed by atoms with Crippen molar-refractivity contribution in [3.63, 3.8) is 0 Å². The number of piperidine rings is 2. The van der Waals surface area contributed by atoms with Gasteiger partial charge in [0.15, 0.2) is 0 Å². The van der Waals surface area contributed by atoms with E-state index in [2.05, 4.69) is 10.6 Å². The summed E-state index contributed by atoms with van der Waals surface area (Å²) in [6, 6.07) is 21.1. The van der Waals surface area contributed by atoms with Crippen LogP contribution in [0.25, 0.3) is 0 Å². The Labute approximate surface area is 379 Å². The van der Waals surface area contributed by atoms with Crippen LogP contribution in [0.15, 0.2) is 97.1 Å². The van der Waals surface area contributed by atoms with Gasteiger partial charge in [-0.1, -0.05) is 68.1 Å². The highest BCUT2D eigenvalue weighted by Gasteiger charge is 2.42. The van der Waals surface area contributed by atoms with Gasteiger partial charge in [-0.15, -0.1) is 0 Å². The van der Waals surface area contributed by atoms with E-state index >= 15 is 0 Å². The van der Waals surface area contributed by atoms with E-state index in [1.807, 2.05) is 60.7 Å². The molecule has 6 rings (SSSR count). The summed E-state index contributed by atoms with van der Waals surface area (Å²) in [7, 11) is 0. The van der Waals surface area contributed by atoms with Crippen LogP contribution >= 0.6 is 0 Å². The van der Waals surface area contributed by atoms with E-state index in [-0.39, 0.29) is 68.8 Å². The number of rotatable bonds is 12. The molecule has 6 atom stereocenters. The lowest BCUT2D eigenvalue weighted by Crippen LogP contribution is -2.54. The third-order valence-electron chi connectivity index (χ3n) is 12.0. The zero-order valence-electron chi connectivity index (χ0n) is 35.5. The van der Waals surface area contributed by atoms with E-state index in [4.69, 9.17) is 20.9 Å². The van der Waals surface area contributed by atoms with Gasteiger partial charge in [0.1, 0.15) is 0 Å². The van der Waals surface area contributed by atoms with Crippen molar-refractivity contribution in [2.45, 2.75) is 94.9 Å². The molecule has 0 aromatic heterocycles. The molecule has 8 nitrogen and oxygen atoms in total. The average Bonchev–Trinajstić information content (AvgIpc) is 3.27. The second kappa shape index (κ2) is 21.4. The number of nitrogens with one attached hydrogen (secondary N) is 2. The van der Waals surface area contributed by atoms with Gasteiger partial charge in [-0.25, -0.2) is 0 Å². The van der Waals surface area contributed by atoms with Gasteiger partial charge in [0.25, 0.3) is 0 Å². The minimum atomic E-state index is -4.93. The van der Waals surface area contributed by atoms with Crippen molar-refractivity contribution in [3.8, 4) is 0 Å². The van der Waals surface area contributed by atoms with Gasteiger partial charge in [0.05, 0.1) is 70.6 Å². The number of benzene rings is 4. The molecule has 6 N–H and O–H groups in total. The number of hydrogen-bond acceptors (Lipinski definition) is 6. The molecule has 0 saturated carbocycles. The van der Waals surface area contributed by atoms with Crippen molar-refractivity contribution >= 4 is 11.8 Å². The van der Waals surface area contributed by atoms with E-state index in [0.717, 1.165) is 11.1 Å². The third-order valence-corrected chi connectivity index (χ3v) is 12.0. The summed E-state index contributed by atoms with van der Waals surface area (Å²) in [5.41, 5.74) is 4.91. The van der Waals surface area contributed by atoms with Crippen LogP contribution in [0.3, 0.4) is 0 Å². The first-order valence-electron chi connectivity index (χ1n) is 20.7. The van der Waals surface area contributed by atoms with Crippen molar-refractivity contribution in [1.82, 2.24) is 10.6 Å². The minimum Gasteiger partial charge on any atom is -0.372 e. The van der Waals surface area contributed by atoms with Gasteiger partial charge in [-0.05, 0) is 98.2 Å². The zero-order valence-corrected chi connectivity index (χ0v) is 35.5. The monoisotopic (exact) mass is 964 g/mol. The predicted octanol–water partition coefficient (Wildman–Crippen LogP) is 11.0. The Hall–Kier alpha value is -5.18. The van der Waals surface area contributed by atoms with Crippen LogP contribution in [-0.4, -0.2) is 38.1 Å². The van der Waals surface area contributed by atoms with Crippen molar-refractivity contribution in [2.24, 2.45) is 23.3 Å². The first-order chi connectivity index (χ1) is 30.6. The van der Waals surface area contributed by atoms with E-state index < -0.39 is 82.1 Å². The van der Waals surface area contributed by atoms with Crippen LogP contribution in [0.1, 0.15) is 104 Å². The fraction of sp³-hybridized carbons (Fsp3) is 0.447. The van der Waals surface area contributed by atoms with Crippen LogP contribution in [0.2, 0.25) is 0 Å². The molecular weight excluding hydrogens is 913 g/mol. The Balaban J connectivity index is 0.000000288. The zero-order chi connectivity index (χ0) is 48.9. The van der Waals surface area contributed by atoms with Crippen molar-refractivity contribution < 1.29 is 71.7 Å². The number of alkyl halides is 12. The standard InChI is InChI=1S/2C23H24F6N2O2.CH4/c2*1-14(16-9-18(22(24,25)26)11-19(10-16)23(27,28)29)33-13-21(17-5-3-2-4-6-17)8-7-15(12-31-21)20(30)32;/h2*2-6,9-11,14-15,31H,7-8,12-13H2,1H3,(H2,30,32);1H4/t14-,15+,21-;14-,15-,21-;/m11./s1. The molecule has 368 valence electrons. The molecule has 2 heterocycles. The van der Waals surface area contributed by atoms with Gasteiger partial charge < -0.3 is 31.6 Å². The van der Waals surface area contributed by atoms with Gasteiger partial charge in [-0.3, -0.25) is 9.59 Å². The normalized spacial score (nSPS) is 22.4. The number of carbonyl (C=O) groups is 2. The predicted molar refractivity (Wildman–Crippen MR) is 224 cm³/mol. The number of amides is 2. The molecule has 0 radical (unpaired) electrons. The number of ether oxygens (including phenoxy) is 2. The molecule has 0 aliphatic carbocycles. The molecule has 0 spiro atoms. The second-order valence-corrected chi connectivity index (χ2v) is 16.5. The molecule has 2 aliphatic heterocycles. The Kier molecular flexibility index (Phi) is 17.4. The fourth-order valence-corrected chi connectivity index (χ4v) is 7.92. The molecule has 4 aromatic carbocycles. The SMILES string of the molecule is C.C[C@@H](OC[C@@]1(c2ccccc2)CC[C@@H](C(N)=O)CN1)c1cc(C(F)(F)F)cc(C(F)(F)F)c1.C[C@@H](OC[C@@]1(c2ccccc2)CC[C@H](C(N)=O)CN1)c1cc(C(F)(F)F)cc(C(F)(F)F)c1. The summed E-state index contributed by atoms with van der Waals surface area (Å²) in [5.74, 6) is -1.64. The van der Waals surface area contributed by atoms with E-state index in [1.165, 1.54) is 13.8 Å². The molecule has 2 amide bonds. The van der Waals surface area contributed by atoms with Gasteiger partial charge in [0, 0.05) is 13.1 Å². The molecule has 2 aliphatic rings. The fourth-order valence-electron chi connectivity index (χ4n) is 7.92. The lowest BCUT2D eigenvalue weighted by molar-refractivity contribution is -0.145. The molecule has 0 unspecified atom stereocenters. The first-order valence-corrected chi connectivity index (χ1v) is 20.7. The summed E-state index contributed by atoms with van der Waals surface area (Å²) in [5, 5.41) is 6.55. The molecule has 2 fully saturated rings. The largest absolute Gasteiger partial charge is 0.416 e. The first kappa shape index (κ1) is 54.4. The van der Waals surface area contributed by atoms with E-state index in [0.29, 0.717) is 49.9 Å². The average molecular weight is 965 g/mol. The Bertz CT molecular complexity index is 2030. The van der Waals surface area contributed by atoms with Crippen molar-refractivity contribution in [1.29, 1.82) is 0 Å². The summed E-state index contributed by atoms with van der Waals surface area (Å²) >= 11 is 0. The minimum absolute atomic E-state index is 0. The maximum absolute atomic E-state index is 13.2. The number of primary amides is 2. The lowest BCUT2D eigenvalue weighted by atomic mass is 9.79. The van der Waals surface area contributed by atoms with Gasteiger partial charge in [0.2, 0.25) is 11.8 Å². The smallest absolute Gasteiger partial charge is 0.372 e. The quantitative estimate of drug-likeness (QED) is 0.105. The molecule has 0 bridgehead atoms. The maximum Gasteiger partial charge on any atom is 0.416 e. The van der Waals surface area contributed by atoms with Crippen LogP contribution in [0.5, 0.6) is 0 Å². The molecule has 20 heteroatoms. The number of hydrogen-bond donors (Lipinski definition) is 4. The van der Waals surface area contributed by atoms with Gasteiger partial charge in [-0.2, -0.15) is 52.7 Å². The molecule has 4 aromatic rings. The van der Waals surface area contributed by atoms with Crippen LogP contribution in [0.4, 0.5) is 52.7 Å². The van der Waals surface area contributed by atoms with Crippen molar-refractivity contribution in [2.75, 3.05) is 26.3 Å². The number of carbonyl (C=O) groups excluding carboxylic acids is 2. The van der Waals surface area contributed by atoms with E-state index in [9.17, 15) is 62.3 Å². The topological polar surface area (TPSA) is 129 Å². The van der Waals surface area contributed by atoms with Crippen LogP contribution < -0.4 is 22.1 Å². The Morgan fingerprint density at radius 2 is 0.836 bits per heavy atom. The third kappa shape index (κ3) is 13.9. The maximum atomic E-state index is 13.2. The number of nitrogens with two attached hydrogens (primary N) is 2. The Morgan fingerprint density at radius 3 is 1.06 bits per heavy atom. The molecule has 67 heavy (non-hydrogen) atoms. The highest BCUT2D eigenvalue weighted by molar-refractivity contribution is 5.77.